The first-order chi connectivity index (χ1) is 11.3. The van der Waals surface area contributed by atoms with E-state index < -0.39 is 0 Å². The van der Waals surface area contributed by atoms with Crippen LogP contribution in [0.3, 0.4) is 0 Å². The van der Waals surface area contributed by atoms with Gasteiger partial charge in [-0.25, -0.2) is 4.98 Å². The van der Waals surface area contributed by atoms with Crippen molar-refractivity contribution >= 4 is 11.8 Å². The molecule has 3 fully saturated rings. The van der Waals surface area contributed by atoms with E-state index >= 15 is 0 Å². The molecule has 4 rings (SSSR count). The Hall–Kier alpha value is -1.44. The zero-order valence-corrected chi connectivity index (χ0v) is 13.5. The summed E-state index contributed by atoms with van der Waals surface area (Å²) in [5.74, 6) is 1.88. The van der Waals surface area contributed by atoms with Crippen molar-refractivity contribution in [2.45, 2.75) is 25.0 Å². The van der Waals surface area contributed by atoms with E-state index in [1.54, 1.807) is 0 Å². The van der Waals surface area contributed by atoms with Crippen LogP contribution in [0.4, 0.5) is 11.8 Å². The van der Waals surface area contributed by atoms with Gasteiger partial charge in [-0.1, -0.05) is 0 Å². The SMILES string of the molecule is OC1COCC1N1CCN(c2nccc(N3CCCC3)n2)CC1. The van der Waals surface area contributed by atoms with Gasteiger partial charge in [0.25, 0.3) is 0 Å². The maximum Gasteiger partial charge on any atom is 0.227 e. The second kappa shape index (κ2) is 6.59. The van der Waals surface area contributed by atoms with Crippen molar-refractivity contribution in [2.75, 3.05) is 62.3 Å². The normalized spacial score (nSPS) is 29.4. The summed E-state index contributed by atoms with van der Waals surface area (Å²) in [5, 5.41) is 9.97. The zero-order chi connectivity index (χ0) is 15.6. The van der Waals surface area contributed by atoms with Gasteiger partial charge in [-0.2, -0.15) is 4.98 Å². The molecule has 0 aromatic carbocycles. The molecule has 0 saturated carbocycles. The fourth-order valence-electron chi connectivity index (χ4n) is 3.75. The quantitative estimate of drug-likeness (QED) is 0.838. The fourth-order valence-corrected chi connectivity index (χ4v) is 3.75. The summed E-state index contributed by atoms with van der Waals surface area (Å²) in [6.07, 6.45) is 4.03. The first kappa shape index (κ1) is 15.1. The molecule has 3 saturated heterocycles. The number of aliphatic hydroxyl groups excluding tert-OH is 1. The van der Waals surface area contributed by atoms with Gasteiger partial charge in [0.05, 0.1) is 25.4 Å². The Bertz CT molecular complexity index is 529. The Labute approximate surface area is 136 Å². The van der Waals surface area contributed by atoms with Gasteiger partial charge >= 0.3 is 0 Å². The molecule has 1 aromatic heterocycles. The van der Waals surface area contributed by atoms with Crippen molar-refractivity contribution in [3.05, 3.63) is 12.3 Å². The molecule has 0 radical (unpaired) electrons. The van der Waals surface area contributed by atoms with E-state index in [2.05, 4.69) is 19.7 Å². The molecule has 1 N–H and O–H groups in total. The second-order valence-corrected chi connectivity index (χ2v) is 6.60. The second-order valence-electron chi connectivity index (χ2n) is 6.60. The van der Waals surface area contributed by atoms with E-state index in [9.17, 15) is 5.11 Å². The summed E-state index contributed by atoms with van der Waals surface area (Å²) in [5.41, 5.74) is 0. The number of nitrogens with zero attached hydrogens (tertiary/aromatic N) is 5. The van der Waals surface area contributed by atoms with E-state index in [-0.39, 0.29) is 12.1 Å². The highest BCUT2D eigenvalue weighted by Gasteiger charge is 2.33. The van der Waals surface area contributed by atoms with E-state index in [0.29, 0.717) is 13.2 Å². The van der Waals surface area contributed by atoms with Crippen molar-refractivity contribution in [3.8, 4) is 0 Å². The molecule has 0 aliphatic carbocycles. The van der Waals surface area contributed by atoms with E-state index in [1.807, 2.05) is 12.3 Å². The molecule has 7 heteroatoms. The Morgan fingerprint density at radius 3 is 2.48 bits per heavy atom. The number of ether oxygens (including phenoxy) is 1. The van der Waals surface area contributed by atoms with Gasteiger partial charge in [-0.3, -0.25) is 4.90 Å². The highest BCUT2D eigenvalue weighted by atomic mass is 16.5. The molecule has 2 unspecified atom stereocenters. The Kier molecular flexibility index (Phi) is 4.33. The third-order valence-electron chi connectivity index (χ3n) is 5.15. The molecule has 1 aromatic rings. The van der Waals surface area contributed by atoms with Crippen molar-refractivity contribution in [3.63, 3.8) is 0 Å². The Morgan fingerprint density at radius 1 is 1.00 bits per heavy atom. The lowest BCUT2D eigenvalue weighted by atomic mass is 10.1. The summed E-state index contributed by atoms with van der Waals surface area (Å²) in [6.45, 7) is 6.94. The predicted molar refractivity (Wildman–Crippen MR) is 87.9 cm³/mol. The van der Waals surface area contributed by atoms with Crippen molar-refractivity contribution in [2.24, 2.45) is 0 Å². The number of rotatable bonds is 3. The number of hydrogen-bond donors (Lipinski definition) is 1. The minimum atomic E-state index is -0.351. The highest BCUT2D eigenvalue weighted by Crippen LogP contribution is 2.21. The number of aliphatic hydroxyl groups is 1. The molecule has 23 heavy (non-hydrogen) atoms. The van der Waals surface area contributed by atoms with Gasteiger partial charge in [-0.15, -0.1) is 0 Å². The van der Waals surface area contributed by atoms with E-state index in [1.165, 1.54) is 12.8 Å². The molecular formula is C16H25N5O2. The van der Waals surface area contributed by atoms with Crippen molar-refractivity contribution in [1.29, 1.82) is 0 Å². The van der Waals surface area contributed by atoms with E-state index in [4.69, 9.17) is 9.72 Å². The van der Waals surface area contributed by atoms with Gasteiger partial charge in [-0.05, 0) is 18.9 Å². The van der Waals surface area contributed by atoms with Crippen LogP contribution in [0.2, 0.25) is 0 Å². The fraction of sp³-hybridized carbons (Fsp3) is 0.750. The maximum absolute atomic E-state index is 9.97. The van der Waals surface area contributed by atoms with Gasteiger partial charge in [0.15, 0.2) is 0 Å². The van der Waals surface area contributed by atoms with E-state index in [0.717, 1.165) is 51.0 Å². The largest absolute Gasteiger partial charge is 0.389 e. The number of anilines is 2. The first-order valence-electron chi connectivity index (χ1n) is 8.64. The lowest BCUT2D eigenvalue weighted by Crippen LogP contribution is -2.54. The molecule has 7 nitrogen and oxygen atoms in total. The van der Waals surface area contributed by atoms with Gasteiger partial charge in [0, 0.05) is 45.5 Å². The summed E-state index contributed by atoms with van der Waals surface area (Å²) >= 11 is 0. The number of hydrogen-bond acceptors (Lipinski definition) is 7. The van der Waals surface area contributed by atoms with Crippen LogP contribution >= 0.6 is 0 Å². The molecule has 3 aliphatic heterocycles. The lowest BCUT2D eigenvalue weighted by Gasteiger charge is -2.38. The van der Waals surface area contributed by atoms with Gasteiger partial charge in [0.2, 0.25) is 5.95 Å². The molecule has 2 atom stereocenters. The Morgan fingerprint density at radius 2 is 1.78 bits per heavy atom. The maximum atomic E-state index is 9.97. The average Bonchev–Trinajstić information content (AvgIpc) is 3.27. The monoisotopic (exact) mass is 319 g/mol. The predicted octanol–water partition coefficient (Wildman–Crippen LogP) is -0.0415. The average molecular weight is 319 g/mol. The molecule has 3 aliphatic rings. The molecule has 0 amide bonds. The third-order valence-corrected chi connectivity index (χ3v) is 5.15. The van der Waals surface area contributed by atoms with Crippen LogP contribution in [0.15, 0.2) is 12.3 Å². The summed E-state index contributed by atoms with van der Waals surface area (Å²) < 4.78 is 5.37. The standard InChI is InChI=1S/C16H25N5O2/c22-14-12-23-11-13(14)19-7-9-21(10-8-19)16-17-4-3-15(18-16)20-5-1-2-6-20/h3-4,13-14,22H,1-2,5-12H2. The lowest BCUT2D eigenvalue weighted by molar-refractivity contribution is 0.0783. The molecule has 0 spiro atoms. The number of piperazine rings is 1. The topological polar surface area (TPSA) is 65.0 Å². The molecule has 126 valence electrons. The van der Waals surface area contributed by atoms with Crippen molar-refractivity contribution < 1.29 is 9.84 Å². The highest BCUT2D eigenvalue weighted by molar-refractivity contribution is 5.44. The molecular weight excluding hydrogens is 294 g/mol. The molecule has 0 bridgehead atoms. The first-order valence-corrected chi connectivity index (χ1v) is 8.64. The van der Waals surface area contributed by atoms with Crippen LogP contribution < -0.4 is 9.80 Å². The van der Waals surface area contributed by atoms with Crippen LogP contribution in [0.1, 0.15) is 12.8 Å². The van der Waals surface area contributed by atoms with Crippen LogP contribution in [-0.2, 0) is 4.74 Å². The minimum Gasteiger partial charge on any atom is -0.389 e. The Balaban J connectivity index is 1.39. The van der Waals surface area contributed by atoms with Gasteiger partial charge in [0.1, 0.15) is 5.82 Å². The summed E-state index contributed by atoms with van der Waals surface area (Å²) in [4.78, 5) is 16.2. The molecule has 4 heterocycles. The van der Waals surface area contributed by atoms with Crippen LogP contribution in [0, 0.1) is 0 Å². The number of aromatic nitrogens is 2. The van der Waals surface area contributed by atoms with Crippen LogP contribution in [-0.4, -0.2) is 84.6 Å². The minimum absolute atomic E-state index is 0.147. The van der Waals surface area contributed by atoms with Crippen molar-refractivity contribution in [1.82, 2.24) is 14.9 Å². The van der Waals surface area contributed by atoms with Crippen LogP contribution in [0.5, 0.6) is 0 Å². The third kappa shape index (κ3) is 3.13. The van der Waals surface area contributed by atoms with Gasteiger partial charge < -0.3 is 19.6 Å². The smallest absolute Gasteiger partial charge is 0.227 e. The summed E-state index contributed by atoms with van der Waals surface area (Å²) in [7, 11) is 0. The van der Waals surface area contributed by atoms with Crippen LogP contribution in [0.25, 0.3) is 0 Å². The summed E-state index contributed by atoms with van der Waals surface area (Å²) in [6, 6.07) is 2.16. The zero-order valence-electron chi connectivity index (χ0n) is 13.5.